The van der Waals surface area contributed by atoms with E-state index in [2.05, 4.69) is 171 Å². The van der Waals surface area contributed by atoms with Crippen LogP contribution in [0.15, 0.2) is 156 Å². The van der Waals surface area contributed by atoms with Gasteiger partial charge in [-0.15, -0.1) is 0 Å². The fourth-order valence-corrected chi connectivity index (χ4v) is 13.6. The lowest BCUT2D eigenvalue weighted by Crippen LogP contribution is -2.48. The zero-order valence-corrected chi connectivity index (χ0v) is 35.0. The molecule has 0 aliphatic heterocycles. The second-order valence-electron chi connectivity index (χ2n) is 20.2. The van der Waals surface area contributed by atoms with Crippen LogP contribution >= 0.6 is 0 Å². The van der Waals surface area contributed by atoms with Crippen molar-refractivity contribution in [2.75, 3.05) is 4.90 Å². The molecule has 5 aromatic carbocycles. The highest BCUT2D eigenvalue weighted by Gasteiger charge is 2.51. The van der Waals surface area contributed by atoms with Crippen molar-refractivity contribution in [3.8, 4) is 22.3 Å². The van der Waals surface area contributed by atoms with E-state index in [4.69, 9.17) is 0 Å². The maximum Gasteiger partial charge on any atom is 0.0543 e. The first kappa shape index (κ1) is 35.4. The van der Waals surface area contributed by atoms with Crippen LogP contribution in [0.4, 0.5) is 11.4 Å². The van der Waals surface area contributed by atoms with Crippen molar-refractivity contribution in [1.82, 2.24) is 0 Å². The summed E-state index contributed by atoms with van der Waals surface area (Å²) in [5.41, 5.74) is 28.6. The first-order valence-corrected chi connectivity index (χ1v) is 22.4. The van der Waals surface area contributed by atoms with Crippen LogP contribution in [0, 0.1) is 17.8 Å². The number of rotatable bonds is 6. The van der Waals surface area contributed by atoms with Crippen LogP contribution in [0.25, 0.3) is 33.4 Å². The molecule has 1 nitrogen and oxygen atoms in total. The molecular weight excluding hydrogens is 711 g/mol. The Balaban J connectivity index is 1.01. The third kappa shape index (κ3) is 5.31. The zero-order valence-electron chi connectivity index (χ0n) is 35.0. The van der Waals surface area contributed by atoms with Crippen molar-refractivity contribution in [3.63, 3.8) is 0 Å². The van der Waals surface area contributed by atoms with Crippen LogP contribution in [0.2, 0.25) is 0 Å². The summed E-state index contributed by atoms with van der Waals surface area (Å²) in [5, 5.41) is 0. The van der Waals surface area contributed by atoms with Gasteiger partial charge < -0.3 is 4.90 Å². The molecule has 13 rings (SSSR count). The van der Waals surface area contributed by atoms with Gasteiger partial charge in [0.15, 0.2) is 0 Å². The minimum atomic E-state index is -0.101. The van der Waals surface area contributed by atoms with Gasteiger partial charge in [-0.1, -0.05) is 130 Å². The molecule has 1 heteroatoms. The highest BCUT2D eigenvalue weighted by Crippen LogP contribution is 2.61. The van der Waals surface area contributed by atoms with Crippen molar-refractivity contribution in [3.05, 3.63) is 190 Å². The Labute approximate surface area is 350 Å². The number of hydrogen-bond donors (Lipinski definition) is 0. The molecule has 0 radical (unpaired) electrons. The molecule has 0 amide bonds. The van der Waals surface area contributed by atoms with Crippen molar-refractivity contribution >= 4 is 22.5 Å². The molecule has 4 bridgehead atoms. The van der Waals surface area contributed by atoms with Crippen LogP contribution in [-0.2, 0) is 16.2 Å². The molecule has 0 N–H and O–H groups in total. The number of benzene rings is 5. The van der Waals surface area contributed by atoms with E-state index in [1.807, 2.05) is 6.08 Å². The third-order valence-corrected chi connectivity index (χ3v) is 16.0. The minimum absolute atomic E-state index is 0.0674. The number of hydrogen-bond acceptors (Lipinski definition) is 1. The Morgan fingerprint density at radius 2 is 1.25 bits per heavy atom. The second-order valence-corrected chi connectivity index (χ2v) is 20.2. The van der Waals surface area contributed by atoms with Gasteiger partial charge in [0, 0.05) is 33.4 Å². The number of fused-ring (bicyclic) bond motifs is 5. The molecule has 0 unspecified atom stereocenters. The average molecular weight is 764 g/mol. The van der Waals surface area contributed by atoms with Gasteiger partial charge in [-0.05, 0) is 178 Å². The largest absolute Gasteiger partial charge is 0.314 e. The molecule has 59 heavy (non-hydrogen) atoms. The monoisotopic (exact) mass is 763 g/mol. The van der Waals surface area contributed by atoms with Crippen molar-refractivity contribution in [1.29, 1.82) is 0 Å². The topological polar surface area (TPSA) is 3.24 Å². The van der Waals surface area contributed by atoms with E-state index in [-0.39, 0.29) is 10.8 Å². The number of allylic oxidation sites excluding steroid dienone is 8. The van der Waals surface area contributed by atoms with Gasteiger partial charge in [-0.3, -0.25) is 0 Å². The summed E-state index contributed by atoms with van der Waals surface area (Å²) in [4.78, 5) is 2.60. The van der Waals surface area contributed by atoms with Crippen LogP contribution in [0.5, 0.6) is 0 Å². The van der Waals surface area contributed by atoms with Gasteiger partial charge in [-0.2, -0.15) is 0 Å². The number of anilines is 2. The Morgan fingerprint density at radius 1 is 0.593 bits per heavy atom. The van der Waals surface area contributed by atoms with Gasteiger partial charge >= 0.3 is 0 Å². The van der Waals surface area contributed by atoms with Crippen LogP contribution in [0.3, 0.4) is 0 Å². The summed E-state index contributed by atoms with van der Waals surface area (Å²) in [6.07, 6.45) is 19.5. The predicted octanol–water partition coefficient (Wildman–Crippen LogP) is 15.0. The van der Waals surface area contributed by atoms with Crippen molar-refractivity contribution in [2.24, 2.45) is 17.8 Å². The Hall–Kier alpha value is -5.58. The van der Waals surface area contributed by atoms with Gasteiger partial charge in [0.2, 0.25) is 0 Å². The molecule has 8 aliphatic carbocycles. The van der Waals surface area contributed by atoms with E-state index in [1.165, 1.54) is 117 Å². The first-order valence-electron chi connectivity index (χ1n) is 22.4. The molecule has 4 saturated carbocycles. The van der Waals surface area contributed by atoms with Crippen LogP contribution < -0.4 is 4.90 Å². The molecule has 0 spiro atoms. The minimum Gasteiger partial charge on any atom is -0.314 e. The van der Waals surface area contributed by atoms with E-state index < -0.39 is 0 Å². The van der Waals surface area contributed by atoms with Gasteiger partial charge in [0.05, 0.1) is 5.69 Å². The van der Waals surface area contributed by atoms with Crippen LogP contribution in [-0.4, -0.2) is 0 Å². The van der Waals surface area contributed by atoms with E-state index in [0.29, 0.717) is 5.41 Å². The summed E-state index contributed by atoms with van der Waals surface area (Å²) in [6.45, 7) is 9.61. The lowest BCUT2D eigenvalue weighted by molar-refractivity contribution is -0.00518. The predicted molar refractivity (Wildman–Crippen MR) is 246 cm³/mol. The average Bonchev–Trinajstić information content (AvgIpc) is 3.63. The highest BCUT2D eigenvalue weighted by molar-refractivity contribution is 5.92. The van der Waals surface area contributed by atoms with Gasteiger partial charge in [-0.25, -0.2) is 0 Å². The Kier molecular flexibility index (Phi) is 7.62. The number of nitrogens with zero attached hydrogens (tertiary/aromatic N) is 1. The second kappa shape index (κ2) is 12.7. The summed E-state index contributed by atoms with van der Waals surface area (Å²) in [5.74, 6) is 2.84. The molecule has 0 heterocycles. The first-order chi connectivity index (χ1) is 28.7. The molecule has 0 atom stereocenters. The quantitative estimate of drug-likeness (QED) is 0.156. The maximum absolute atomic E-state index is 3.54. The van der Waals surface area contributed by atoms with E-state index in [1.54, 1.807) is 5.56 Å². The summed E-state index contributed by atoms with van der Waals surface area (Å²) in [6, 6.07) is 42.4. The maximum atomic E-state index is 3.54. The molecule has 290 valence electrons. The van der Waals surface area contributed by atoms with E-state index in [0.717, 1.165) is 36.2 Å². The summed E-state index contributed by atoms with van der Waals surface area (Å²) >= 11 is 0. The van der Waals surface area contributed by atoms with Crippen LogP contribution in [0.1, 0.15) is 112 Å². The summed E-state index contributed by atoms with van der Waals surface area (Å²) < 4.78 is 0. The normalized spacial score (nSPS) is 25.7. The zero-order chi connectivity index (χ0) is 39.7. The molecular formula is C58H53N. The summed E-state index contributed by atoms with van der Waals surface area (Å²) in [7, 11) is 0. The fourth-order valence-electron chi connectivity index (χ4n) is 13.6. The standard InChI is InChI=1S/C58H53N/c1-56(2)51-16-10-8-14-46(51)48-25-23-44(32-53(48)56)59(45-24-26-49-47-15-9-11-17-52(47)57(3,4)54(49)33-45)55-27-20-42(31-50(55)41-12-6-5-7-13-41)40-18-21-43(22-19-40)58-34-37-28-38(35-58)30-39(29-37)36-58/h5-6,8-12,14-23,25,27,31-33,37-39H,24,26,28-30,34-36H2,1-4H3. The SMILES string of the molecule is CC1(C)C2=C(CCC(N(c3ccc4c(c3)C(C)(C)c3ccccc3-4)c3ccc(-c4ccc(C56CC7CC(CC(C7)C5)C6)cc4)cc3C3=C=C=CC=C3)=C2)c2ccccc21. The Morgan fingerprint density at radius 3 is 1.97 bits per heavy atom. The molecule has 0 saturated heterocycles. The molecule has 8 aliphatic rings. The third-order valence-electron chi connectivity index (χ3n) is 16.0. The lowest BCUT2D eigenvalue weighted by atomic mass is 9.48. The van der Waals surface area contributed by atoms with Gasteiger partial charge in [0.25, 0.3) is 0 Å². The fraction of sp³-hybridized carbons (Fsp3) is 0.310. The molecule has 0 aromatic heterocycles. The smallest absolute Gasteiger partial charge is 0.0543 e. The molecule has 5 aromatic rings. The van der Waals surface area contributed by atoms with E-state index >= 15 is 0 Å². The highest BCUT2D eigenvalue weighted by atomic mass is 15.2. The lowest BCUT2D eigenvalue weighted by Gasteiger charge is -2.57. The van der Waals surface area contributed by atoms with Crippen molar-refractivity contribution in [2.45, 2.75) is 95.3 Å². The Bertz CT molecular complexity index is 2780. The van der Waals surface area contributed by atoms with E-state index in [9.17, 15) is 0 Å². The van der Waals surface area contributed by atoms with Gasteiger partial charge in [0.1, 0.15) is 0 Å². The van der Waals surface area contributed by atoms with Crippen molar-refractivity contribution < 1.29 is 0 Å². The molecule has 4 fully saturated rings.